The maximum absolute atomic E-state index is 13.6. The summed E-state index contributed by atoms with van der Waals surface area (Å²) in [6, 6.07) is 7.16. The van der Waals surface area contributed by atoms with Crippen molar-refractivity contribution in [1.82, 2.24) is 4.98 Å². The van der Waals surface area contributed by atoms with E-state index in [9.17, 15) is 4.39 Å². The third kappa shape index (κ3) is 2.33. The van der Waals surface area contributed by atoms with Crippen molar-refractivity contribution in [3.63, 3.8) is 0 Å². The SMILES string of the molecule is Cc1ncccc1COc1ccc(F)c2c1CCC2. The molecule has 0 radical (unpaired) electrons. The van der Waals surface area contributed by atoms with Crippen LogP contribution in [0.2, 0.25) is 0 Å². The van der Waals surface area contributed by atoms with Crippen molar-refractivity contribution in [2.75, 3.05) is 0 Å². The van der Waals surface area contributed by atoms with E-state index in [1.807, 2.05) is 19.1 Å². The molecule has 3 heteroatoms. The van der Waals surface area contributed by atoms with Crippen molar-refractivity contribution >= 4 is 0 Å². The molecule has 1 aromatic carbocycles. The van der Waals surface area contributed by atoms with Crippen LogP contribution in [0.15, 0.2) is 30.5 Å². The smallest absolute Gasteiger partial charge is 0.126 e. The van der Waals surface area contributed by atoms with Crippen LogP contribution in [-0.4, -0.2) is 4.98 Å². The molecule has 1 aliphatic rings. The van der Waals surface area contributed by atoms with E-state index in [4.69, 9.17) is 4.74 Å². The molecule has 0 unspecified atom stereocenters. The molecule has 0 saturated heterocycles. The van der Waals surface area contributed by atoms with Crippen molar-refractivity contribution in [1.29, 1.82) is 0 Å². The van der Waals surface area contributed by atoms with Crippen LogP contribution in [-0.2, 0) is 19.4 Å². The first-order valence-electron chi connectivity index (χ1n) is 6.59. The number of pyridine rings is 1. The molecule has 0 amide bonds. The molecule has 0 saturated carbocycles. The summed E-state index contributed by atoms with van der Waals surface area (Å²) in [7, 11) is 0. The molecule has 0 aliphatic heterocycles. The normalized spacial score (nSPS) is 13.4. The van der Waals surface area contributed by atoms with E-state index in [-0.39, 0.29) is 5.82 Å². The summed E-state index contributed by atoms with van der Waals surface area (Å²) in [5, 5.41) is 0. The Morgan fingerprint density at radius 3 is 2.89 bits per heavy atom. The lowest BCUT2D eigenvalue weighted by molar-refractivity contribution is 0.301. The minimum Gasteiger partial charge on any atom is -0.489 e. The minimum absolute atomic E-state index is 0.0996. The first-order chi connectivity index (χ1) is 9.25. The largest absolute Gasteiger partial charge is 0.489 e. The van der Waals surface area contributed by atoms with Crippen LogP contribution in [0, 0.1) is 12.7 Å². The van der Waals surface area contributed by atoms with Gasteiger partial charge in [0.2, 0.25) is 0 Å². The lowest BCUT2D eigenvalue weighted by Gasteiger charge is -2.12. The summed E-state index contributed by atoms with van der Waals surface area (Å²) in [6.07, 6.45) is 4.52. The summed E-state index contributed by atoms with van der Waals surface area (Å²) < 4.78 is 19.5. The maximum atomic E-state index is 13.6. The van der Waals surface area contributed by atoms with E-state index in [0.29, 0.717) is 6.61 Å². The quantitative estimate of drug-likeness (QED) is 0.838. The number of hydrogen-bond donors (Lipinski definition) is 0. The molecular weight excluding hydrogens is 241 g/mol. The van der Waals surface area contributed by atoms with Crippen LogP contribution in [0.25, 0.3) is 0 Å². The Morgan fingerprint density at radius 2 is 2.05 bits per heavy atom. The van der Waals surface area contributed by atoms with Gasteiger partial charge in [-0.2, -0.15) is 0 Å². The summed E-state index contributed by atoms with van der Waals surface area (Å²) >= 11 is 0. The zero-order valence-corrected chi connectivity index (χ0v) is 10.9. The van der Waals surface area contributed by atoms with Crippen molar-refractivity contribution in [2.24, 2.45) is 0 Å². The summed E-state index contributed by atoms with van der Waals surface area (Å²) in [4.78, 5) is 4.24. The highest BCUT2D eigenvalue weighted by Crippen LogP contribution is 2.33. The van der Waals surface area contributed by atoms with Gasteiger partial charge in [-0.05, 0) is 49.9 Å². The van der Waals surface area contributed by atoms with E-state index < -0.39 is 0 Å². The third-order valence-corrected chi connectivity index (χ3v) is 3.68. The van der Waals surface area contributed by atoms with Gasteiger partial charge in [-0.15, -0.1) is 0 Å². The Balaban J connectivity index is 1.82. The Bertz CT molecular complexity index is 610. The first-order valence-corrected chi connectivity index (χ1v) is 6.59. The molecule has 1 aliphatic carbocycles. The van der Waals surface area contributed by atoms with Gasteiger partial charge in [0, 0.05) is 23.0 Å². The van der Waals surface area contributed by atoms with Crippen LogP contribution < -0.4 is 4.74 Å². The van der Waals surface area contributed by atoms with E-state index in [1.165, 1.54) is 6.07 Å². The second-order valence-electron chi connectivity index (χ2n) is 4.89. The van der Waals surface area contributed by atoms with Gasteiger partial charge in [-0.1, -0.05) is 6.07 Å². The lowest BCUT2D eigenvalue weighted by Crippen LogP contribution is -2.02. The average molecular weight is 257 g/mol. The van der Waals surface area contributed by atoms with Crippen molar-refractivity contribution in [2.45, 2.75) is 32.8 Å². The molecule has 2 nitrogen and oxygen atoms in total. The van der Waals surface area contributed by atoms with Gasteiger partial charge in [-0.3, -0.25) is 4.98 Å². The topological polar surface area (TPSA) is 22.1 Å². The Labute approximate surface area is 112 Å². The minimum atomic E-state index is -0.0996. The molecule has 98 valence electrons. The second kappa shape index (κ2) is 5.00. The number of nitrogens with zero attached hydrogens (tertiary/aromatic N) is 1. The van der Waals surface area contributed by atoms with Gasteiger partial charge in [0.05, 0.1) is 0 Å². The number of benzene rings is 1. The summed E-state index contributed by atoms with van der Waals surface area (Å²) in [5.41, 5.74) is 3.92. The van der Waals surface area contributed by atoms with Gasteiger partial charge in [-0.25, -0.2) is 4.39 Å². The number of aromatic nitrogens is 1. The van der Waals surface area contributed by atoms with Crippen LogP contribution in [0.1, 0.15) is 28.8 Å². The molecular formula is C16H16FNO. The van der Waals surface area contributed by atoms with Crippen LogP contribution in [0.3, 0.4) is 0 Å². The molecule has 1 aromatic heterocycles. The van der Waals surface area contributed by atoms with Crippen LogP contribution >= 0.6 is 0 Å². The van der Waals surface area contributed by atoms with Crippen molar-refractivity contribution in [3.8, 4) is 5.75 Å². The molecule has 19 heavy (non-hydrogen) atoms. The lowest BCUT2D eigenvalue weighted by atomic mass is 10.1. The summed E-state index contributed by atoms with van der Waals surface area (Å²) in [6.45, 7) is 2.45. The second-order valence-corrected chi connectivity index (χ2v) is 4.89. The molecule has 3 rings (SSSR count). The Hall–Kier alpha value is -1.90. The molecule has 0 fully saturated rings. The fourth-order valence-electron chi connectivity index (χ4n) is 2.59. The molecule has 0 atom stereocenters. The van der Waals surface area contributed by atoms with Crippen molar-refractivity contribution in [3.05, 3.63) is 58.7 Å². The third-order valence-electron chi connectivity index (χ3n) is 3.68. The number of rotatable bonds is 3. The van der Waals surface area contributed by atoms with Crippen LogP contribution in [0.5, 0.6) is 5.75 Å². The van der Waals surface area contributed by atoms with Gasteiger partial charge in [0.25, 0.3) is 0 Å². The van der Waals surface area contributed by atoms with E-state index in [2.05, 4.69) is 4.98 Å². The highest BCUT2D eigenvalue weighted by Gasteiger charge is 2.19. The zero-order valence-electron chi connectivity index (χ0n) is 10.9. The van der Waals surface area contributed by atoms with Gasteiger partial charge >= 0.3 is 0 Å². The number of aryl methyl sites for hydroxylation is 1. The monoisotopic (exact) mass is 257 g/mol. The Kier molecular flexibility index (Phi) is 3.20. The highest BCUT2D eigenvalue weighted by molar-refractivity contribution is 5.44. The average Bonchev–Trinajstić information content (AvgIpc) is 2.90. The summed E-state index contributed by atoms with van der Waals surface area (Å²) in [5.74, 6) is 0.717. The van der Waals surface area contributed by atoms with Crippen molar-refractivity contribution < 1.29 is 9.13 Å². The predicted octanol–water partition coefficient (Wildman–Crippen LogP) is 3.60. The van der Waals surface area contributed by atoms with E-state index >= 15 is 0 Å². The fourth-order valence-corrected chi connectivity index (χ4v) is 2.59. The fraction of sp³-hybridized carbons (Fsp3) is 0.312. The van der Waals surface area contributed by atoms with E-state index in [1.54, 1.807) is 12.3 Å². The Morgan fingerprint density at radius 1 is 1.21 bits per heavy atom. The van der Waals surface area contributed by atoms with Gasteiger partial charge in [0.1, 0.15) is 18.2 Å². The van der Waals surface area contributed by atoms with Gasteiger partial charge < -0.3 is 4.74 Å². The highest BCUT2D eigenvalue weighted by atomic mass is 19.1. The number of halogens is 1. The number of ether oxygens (including phenoxy) is 1. The number of hydrogen-bond acceptors (Lipinski definition) is 2. The maximum Gasteiger partial charge on any atom is 0.126 e. The zero-order chi connectivity index (χ0) is 13.2. The molecule has 0 bridgehead atoms. The molecule has 0 N–H and O–H groups in total. The first kappa shape index (κ1) is 12.2. The predicted molar refractivity (Wildman–Crippen MR) is 71.7 cm³/mol. The standard InChI is InChI=1S/C16H16FNO/c1-11-12(4-3-9-18-11)10-19-16-8-7-15(17)13-5-2-6-14(13)16/h3-4,7-9H,2,5-6,10H2,1H3. The molecule has 0 spiro atoms. The molecule has 2 aromatic rings. The molecule has 1 heterocycles. The van der Waals surface area contributed by atoms with Crippen LogP contribution in [0.4, 0.5) is 4.39 Å². The number of fused-ring (bicyclic) bond motifs is 1. The van der Waals surface area contributed by atoms with Gasteiger partial charge in [0.15, 0.2) is 0 Å². The van der Waals surface area contributed by atoms with E-state index in [0.717, 1.165) is 47.4 Å².